The number of carbonyl (C=O) groups excluding carboxylic acids is 1. The molecule has 0 aliphatic rings. The highest BCUT2D eigenvalue weighted by Crippen LogP contribution is 2.31. The zero-order chi connectivity index (χ0) is 14.7. The van der Waals surface area contributed by atoms with Gasteiger partial charge < -0.3 is 9.53 Å². The molecule has 0 unspecified atom stereocenters. The van der Waals surface area contributed by atoms with E-state index in [-0.39, 0.29) is 5.78 Å². The van der Waals surface area contributed by atoms with Crippen LogP contribution in [0.25, 0.3) is 10.2 Å². The van der Waals surface area contributed by atoms with E-state index in [4.69, 9.17) is 4.74 Å². The van der Waals surface area contributed by atoms with Crippen LogP contribution in [0.3, 0.4) is 0 Å². The molecular weight excluding hydrogens is 282 g/mol. The van der Waals surface area contributed by atoms with Crippen molar-refractivity contribution in [3.63, 3.8) is 0 Å². The zero-order valence-electron chi connectivity index (χ0n) is 11.7. The Kier molecular flexibility index (Phi) is 3.97. The fraction of sp³-hybridized carbons (Fsp3) is 0.176. The number of aryl methyl sites for hydroxylation is 1. The molecule has 21 heavy (non-hydrogen) atoms. The summed E-state index contributed by atoms with van der Waals surface area (Å²) in [6, 6.07) is 15.8. The van der Waals surface area contributed by atoms with Gasteiger partial charge in [0.25, 0.3) is 5.19 Å². The number of nitrogens with zero attached hydrogens (tertiary/aromatic N) is 1. The lowest BCUT2D eigenvalue weighted by molar-refractivity contribution is -0.116. The van der Waals surface area contributed by atoms with Crippen molar-refractivity contribution < 1.29 is 9.53 Å². The van der Waals surface area contributed by atoms with Gasteiger partial charge in [-0.15, -0.1) is 0 Å². The summed E-state index contributed by atoms with van der Waals surface area (Å²) in [5.41, 5.74) is 2.09. The van der Waals surface area contributed by atoms with Gasteiger partial charge >= 0.3 is 0 Å². The summed E-state index contributed by atoms with van der Waals surface area (Å²) in [5.74, 6) is 0.977. The molecule has 3 aromatic rings. The number of benzene rings is 2. The van der Waals surface area contributed by atoms with Gasteiger partial charge in [0.2, 0.25) is 0 Å². The van der Waals surface area contributed by atoms with E-state index in [0.717, 1.165) is 28.0 Å². The number of Topliss-reactive ketones (excluding diaryl/α,β-unsaturated/α-hetero) is 1. The summed E-state index contributed by atoms with van der Waals surface area (Å²) >= 11 is 1.53. The lowest BCUT2D eigenvalue weighted by Crippen LogP contribution is -1.93. The van der Waals surface area contributed by atoms with Gasteiger partial charge in [-0.05, 0) is 43.2 Å². The van der Waals surface area contributed by atoms with E-state index >= 15 is 0 Å². The molecule has 1 aromatic heterocycles. The number of thiazole rings is 1. The number of ketones is 1. The highest BCUT2D eigenvalue weighted by molar-refractivity contribution is 7.20. The molecular formula is C17H15NO2S. The van der Waals surface area contributed by atoms with Crippen molar-refractivity contribution in [2.24, 2.45) is 0 Å². The first kappa shape index (κ1) is 13.8. The molecule has 0 saturated carbocycles. The molecule has 0 bridgehead atoms. The quantitative estimate of drug-likeness (QED) is 0.690. The fourth-order valence-electron chi connectivity index (χ4n) is 2.04. The van der Waals surface area contributed by atoms with Gasteiger partial charge in [0.15, 0.2) is 0 Å². The third kappa shape index (κ3) is 3.47. The Hall–Kier alpha value is -2.20. The molecule has 0 N–H and O–H groups in total. The maximum atomic E-state index is 11.0. The first-order valence-corrected chi connectivity index (χ1v) is 7.64. The molecule has 0 radical (unpaired) electrons. The number of rotatable bonds is 5. The van der Waals surface area contributed by atoms with Crippen LogP contribution in [-0.4, -0.2) is 10.8 Å². The number of ether oxygens (including phenoxy) is 1. The van der Waals surface area contributed by atoms with Crippen LogP contribution in [-0.2, 0) is 11.2 Å². The van der Waals surface area contributed by atoms with E-state index in [1.165, 1.54) is 11.3 Å². The smallest absolute Gasteiger partial charge is 0.279 e. The average Bonchev–Trinajstić information content (AvgIpc) is 2.88. The third-order valence-electron chi connectivity index (χ3n) is 3.17. The second-order valence-electron chi connectivity index (χ2n) is 4.90. The molecule has 2 aromatic carbocycles. The first-order chi connectivity index (χ1) is 10.2. The Morgan fingerprint density at radius 1 is 1.14 bits per heavy atom. The lowest BCUT2D eigenvalue weighted by Gasteiger charge is -2.03. The van der Waals surface area contributed by atoms with E-state index in [9.17, 15) is 4.79 Å². The Morgan fingerprint density at radius 2 is 1.90 bits per heavy atom. The van der Waals surface area contributed by atoms with Crippen molar-refractivity contribution in [1.29, 1.82) is 0 Å². The minimum absolute atomic E-state index is 0.213. The largest absolute Gasteiger partial charge is 0.431 e. The van der Waals surface area contributed by atoms with Crippen LogP contribution in [0.2, 0.25) is 0 Å². The monoisotopic (exact) mass is 297 g/mol. The number of carbonyl (C=O) groups is 1. The summed E-state index contributed by atoms with van der Waals surface area (Å²) in [6.45, 7) is 1.62. The summed E-state index contributed by atoms with van der Waals surface area (Å²) in [7, 11) is 0. The SMILES string of the molecule is CC(=O)CCc1ccc(Oc2nc3ccccc3s2)cc1. The first-order valence-electron chi connectivity index (χ1n) is 6.82. The Balaban J connectivity index is 1.71. The molecule has 0 aliphatic heterocycles. The standard InChI is InChI=1S/C17H15NO2S/c1-12(19)6-7-13-8-10-14(11-9-13)20-17-18-15-4-2-3-5-16(15)21-17/h2-5,8-11H,6-7H2,1H3. The number of para-hydroxylation sites is 1. The molecule has 1 heterocycles. The van der Waals surface area contributed by atoms with E-state index in [1.807, 2.05) is 48.5 Å². The van der Waals surface area contributed by atoms with E-state index in [2.05, 4.69) is 4.98 Å². The second kappa shape index (κ2) is 6.06. The summed E-state index contributed by atoms with van der Waals surface area (Å²) < 4.78 is 6.90. The van der Waals surface area contributed by atoms with Crippen molar-refractivity contribution in [3.05, 3.63) is 54.1 Å². The van der Waals surface area contributed by atoms with Crippen molar-refractivity contribution in [2.75, 3.05) is 0 Å². The summed E-state index contributed by atoms with van der Waals surface area (Å²) in [6.07, 6.45) is 1.36. The number of fused-ring (bicyclic) bond motifs is 1. The van der Waals surface area contributed by atoms with Crippen molar-refractivity contribution in [2.45, 2.75) is 19.8 Å². The highest BCUT2D eigenvalue weighted by atomic mass is 32.1. The van der Waals surface area contributed by atoms with Crippen LogP contribution in [0.1, 0.15) is 18.9 Å². The van der Waals surface area contributed by atoms with Crippen LogP contribution in [0.5, 0.6) is 10.9 Å². The molecule has 4 heteroatoms. The van der Waals surface area contributed by atoms with Crippen LogP contribution < -0.4 is 4.74 Å². The lowest BCUT2D eigenvalue weighted by atomic mass is 10.1. The van der Waals surface area contributed by atoms with Gasteiger partial charge in [-0.2, -0.15) is 0 Å². The average molecular weight is 297 g/mol. The van der Waals surface area contributed by atoms with Crippen LogP contribution >= 0.6 is 11.3 Å². The zero-order valence-corrected chi connectivity index (χ0v) is 12.5. The van der Waals surface area contributed by atoms with Gasteiger partial charge in [-0.3, -0.25) is 0 Å². The maximum Gasteiger partial charge on any atom is 0.279 e. The second-order valence-corrected chi connectivity index (χ2v) is 5.89. The molecule has 0 amide bonds. The van der Waals surface area contributed by atoms with E-state index in [1.54, 1.807) is 6.92 Å². The van der Waals surface area contributed by atoms with Gasteiger partial charge in [0.05, 0.1) is 10.2 Å². The van der Waals surface area contributed by atoms with E-state index < -0.39 is 0 Å². The molecule has 106 valence electrons. The fourth-order valence-corrected chi connectivity index (χ4v) is 2.87. The molecule has 0 spiro atoms. The molecule has 3 nitrogen and oxygen atoms in total. The Morgan fingerprint density at radius 3 is 2.62 bits per heavy atom. The van der Waals surface area contributed by atoms with E-state index in [0.29, 0.717) is 11.6 Å². The van der Waals surface area contributed by atoms with Crippen LogP contribution in [0.15, 0.2) is 48.5 Å². The Labute approximate surface area is 127 Å². The minimum atomic E-state index is 0.213. The minimum Gasteiger partial charge on any atom is -0.431 e. The third-order valence-corrected chi connectivity index (χ3v) is 4.08. The van der Waals surface area contributed by atoms with Gasteiger partial charge in [0, 0.05) is 6.42 Å². The Bertz CT molecular complexity index is 729. The number of aromatic nitrogens is 1. The molecule has 3 rings (SSSR count). The highest BCUT2D eigenvalue weighted by Gasteiger charge is 2.05. The van der Waals surface area contributed by atoms with Gasteiger partial charge in [0.1, 0.15) is 11.5 Å². The van der Waals surface area contributed by atoms with Crippen LogP contribution in [0, 0.1) is 0 Å². The maximum absolute atomic E-state index is 11.0. The van der Waals surface area contributed by atoms with Crippen LogP contribution in [0.4, 0.5) is 0 Å². The summed E-state index contributed by atoms with van der Waals surface area (Å²) in [5, 5.41) is 0.646. The van der Waals surface area contributed by atoms with Crippen molar-refractivity contribution >= 4 is 27.3 Å². The molecule has 0 aliphatic carbocycles. The van der Waals surface area contributed by atoms with Crippen molar-refractivity contribution in [3.8, 4) is 10.9 Å². The molecule has 0 fully saturated rings. The van der Waals surface area contributed by atoms with Crippen molar-refractivity contribution in [1.82, 2.24) is 4.98 Å². The predicted molar refractivity (Wildman–Crippen MR) is 85.1 cm³/mol. The van der Waals surface area contributed by atoms with Gasteiger partial charge in [-0.25, -0.2) is 4.98 Å². The molecule has 0 saturated heterocycles. The summed E-state index contributed by atoms with van der Waals surface area (Å²) in [4.78, 5) is 15.4. The number of hydrogen-bond donors (Lipinski definition) is 0. The number of hydrogen-bond acceptors (Lipinski definition) is 4. The normalized spacial score (nSPS) is 10.7. The predicted octanol–water partition coefficient (Wildman–Crippen LogP) is 4.61. The van der Waals surface area contributed by atoms with Gasteiger partial charge in [-0.1, -0.05) is 35.6 Å². The topological polar surface area (TPSA) is 39.2 Å². The molecule has 0 atom stereocenters.